The molecule has 0 heterocycles. The highest BCUT2D eigenvalue weighted by atomic mass is 79.9. The molecule has 0 spiro atoms. The molecule has 0 radical (unpaired) electrons. The van der Waals surface area contributed by atoms with E-state index in [9.17, 15) is 13.9 Å². The van der Waals surface area contributed by atoms with Crippen LogP contribution in [0.1, 0.15) is 25.0 Å². The molecule has 13 heavy (non-hydrogen) atoms. The molecule has 72 valence electrons. The number of aliphatic hydroxyl groups excluding tert-OH is 1. The number of halogens is 3. The van der Waals surface area contributed by atoms with Crippen LogP contribution in [0.25, 0.3) is 0 Å². The van der Waals surface area contributed by atoms with Crippen molar-refractivity contribution in [2.75, 3.05) is 0 Å². The zero-order valence-electron chi connectivity index (χ0n) is 7.02. The van der Waals surface area contributed by atoms with Gasteiger partial charge in [0.05, 0.1) is 10.6 Å². The molecule has 0 aliphatic rings. The molecule has 0 amide bonds. The van der Waals surface area contributed by atoms with Crippen LogP contribution in [0.15, 0.2) is 16.6 Å². The van der Waals surface area contributed by atoms with Crippen molar-refractivity contribution in [3.8, 4) is 0 Å². The van der Waals surface area contributed by atoms with Gasteiger partial charge in [0.1, 0.15) is 11.6 Å². The minimum absolute atomic E-state index is 0.00296. The summed E-state index contributed by atoms with van der Waals surface area (Å²) < 4.78 is 26.1. The normalized spacial score (nSPS) is 13.0. The quantitative estimate of drug-likeness (QED) is 0.800. The van der Waals surface area contributed by atoms with Crippen LogP contribution in [0.4, 0.5) is 8.78 Å². The van der Waals surface area contributed by atoms with Crippen molar-refractivity contribution in [2.45, 2.75) is 19.4 Å². The molecule has 0 aliphatic carbocycles. The van der Waals surface area contributed by atoms with E-state index in [2.05, 4.69) is 15.9 Å². The number of rotatable bonds is 2. The topological polar surface area (TPSA) is 20.2 Å². The lowest BCUT2D eigenvalue weighted by Gasteiger charge is -2.09. The van der Waals surface area contributed by atoms with Crippen LogP contribution in [0.3, 0.4) is 0 Å². The summed E-state index contributed by atoms with van der Waals surface area (Å²) in [6, 6.07) is 2.02. The molecule has 0 aliphatic heterocycles. The van der Waals surface area contributed by atoms with Gasteiger partial charge in [-0.3, -0.25) is 0 Å². The van der Waals surface area contributed by atoms with Crippen LogP contribution in [0.2, 0.25) is 0 Å². The lowest BCUT2D eigenvalue weighted by molar-refractivity contribution is 0.168. The molecule has 0 saturated heterocycles. The predicted octanol–water partition coefficient (Wildman–Crippen LogP) is 3.17. The van der Waals surface area contributed by atoms with Gasteiger partial charge < -0.3 is 5.11 Å². The first-order chi connectivity index (χ1) is 6.06. The number of aliphatic hydroxyl groups is 1. The van der Waals surface area contributed by atoms with Gasteiger partial charge in [-0.2, -0.15) is 0 Å². The van der Waals surface area contributed by atoms with E-state index >= 15 is 0 Å². The molecule has 0 bridgehead atoms. The lowest BCUT2D eigenvalue weighted by Crippen LogP contribution is -2.00. The average Bonchev–Trinajstić information content (AvgIpc) is 2.10. The van der Waals surface area contributed by atoms with E-state index in [1.807, 2.05) is 0 Å². The standard InChI is InChI=1S/C9H9BrF2O/c1-2-9(13)5-3-8(12)6(10)4-7(5)11/h3-4,9,13H,2H2,1H3. The molecule has 1 N–H and O–H groups in total. The smallest absolute Gasteiger partial charge is 0.137 e. The Morgan fingerprint density at radius 2 is 2.00 bits per heavy atom. The summed E-state index contributed by atoms with van der Waals surface area (Å²) in [6.07, 6.45) is -0.583. The van der Waals surface area contributed by atoms with Crippen LogP contribution in [0.5, 0.6) is 0 Å². The average molecular weight is 251 g/mol. The molecular formula is C9H9BrF2O. The van der Waals surface area contributed by atoms with Crippen molar-refractivity contribution < 1.29 is 13.9 Å². The van der Waals surface area contributed by atoms with Crippen LogP contribution < -0.4 is 0 Å². The fourth-order valence-electron chi connectivity index (χ4n) is 1.01. The Labute approximate surface area is 83.5 Å². The van der Waals surface area contributed by atoms with Gasteiger partial charge in [-0.05, 0) is 34.5 Å². The lowest BCUT2D eigenvalue weighted by atomic mass is 10.1. The van der Waals surface area contributed by atoms with E-state index in [-0.39, 0.29) is 10.0 Å². The van der Waals surface area contributed by atoms with Gasteiger partial charge >= 0.3 is 0 Å². The van der Waals surface area contributed by atoms with Gasteiger partial charge in [0.15, 0.2) is 0 Å². The number of hydrogen-bond donors (Lipinski definition) is 1. The van der Waals surface area contributed by atoms with Crippen molar-refractivity contribution >= 4 is 15.9 Å². The first-order valence-corrected chi connectivity index (χ1v) is 4.68. The van der Waals surface area contributed by atoms with E-state index < -0.39 is 17.7 Å². The molecule has 4 heteroatoms. The fraction of sp³-hybridized carbons (Fsp3) is 0.333. The molecule has 1 nitrogen and oxygen atoms in total. The highest BCUT2D eigenvalue weighted by Crippen LogP contribution is 2.25. The molecule has 1 unspecified atom stereocenters. The third-order valence-electron chi connectivity index (χ3n) is 1.79. The zero-order chi connectivity index (χ0) is 10.0. The van der Waals surface area contributed by atoms with Gasteiger partial charge in [-0.1, -0.05) is 6.92 Å². The van der Waals surface area contributed by atoms with Gasteiger partial charge in [-0.15, -0.1) is 0 Å². The molecule has 0 saturated carbocycles. The van der Waals surface area contributed by atoms with Gasteiger partial charge in [0.25, 0.3) is 0 Å². The second-order valence-corrected chi connectivity index (χ2v) is 3.57. The minimum Gasteiger partial charge on any atom is -0.388 e. The van der Waals surface area contributed by atoms with E-state index in [1.165, 1.54) is 0 Å². The minimum atomic E-state index is -0.942. The highest BCUT2D eigenvalue weighted by Gasteiger charge is 2.13. The Hall–Kier alpha value is -0.480. The largest absolute Gasteiger partial charge is 0.388 e. The van der Waals surface area contributed by atoms with E-state index in [4.69, 9.17) is 0 Å². The highest BCUT2D eigenvalue weighted by molar-refractivity contribution is 9.10. The van der Waals surface area contributed by atoms with E-state index in [0.29, 0.717) is 6.42 Å². The van der Waals surface area contributed by atoms with Gasteiger partial charge in [0.2, 0.25) is 0 Å². The third kappa shape index (κ3) is 2.25. The van der Waals surface area contributed by atoms with Crippen molar-refractivity contribution in [3.05, 3.63) is 33.8 Å². The van der Waals surface area contributed by atoms with Crippen LogP contribution in [-0.2, 0) is 0 Å². The Morgan fingerprint density at radius 1 is 1.38 bits per heavy atom. The number of hydrogen-bond acceptors (Lipinski definition) is 1. The number of benzene rings is 1. The maximum Gasteiger partial charge on any atom is 0.137 e. The summed E-state index contributed by atoms with van der Waals surface area (Å²) in [6.45, 7) is 1.70. The molecule has 1 atom stereocenters. The molecule has 1 aromatic rings. The SMILES string of the molecule is CCC(O)c1cc(F)c(Br)cc1F. The van der Waals surface area contributed by atoms with Gasteiger partial charge in [0, 0.05) is 5.56 Å². The summed E-state index contributed by atoms with van der Waals surface area (Å²) in [5, 5.41) is 9.30. The van der Waals surface area contributed by atoms with Crippen molar-refractivity contribution in [1.82, 2.24) is 0 Å². The van der Waals surface area contributed by atoms with Crippen LogP contribution >= 0.6 is 15.9 Å². The zero-order valence-corrected chi connectivity index (χ0v) is 8.61. The van der Waals surface area contributed by atoms with Crippen LogP contribution in [0, 0.1) is 11.6 Å². The Balaban J connectivity index is 3.15. The molecule has 0 fully saturated rings. The fourth-order valence-corrected chi connectivity index (χ4v) is 1.33. The van der Waals surface area contributed by atoms with E-state index in [0.717, 1.165) is 12.1 Å². The van der Waals surface area contributed by atoms with Gasteiger partial charge in [-0.25, -0.2) is 8.78 Å². The summed E-state index contributed by atoms with van der Waals surface area (Å²) in [5.41, 5.74) is 0.00296. The van der Waals surface area contributed by atoms with E-state index in [1.54, 1.807) is 6.92 Å². The summed E-state index contributed by atoms with van der Waals surface area (Å²) in [5.74, 6) is -1.16. The van der Waals surface area contributed by atoms with Crippen molar-refractivity contribution in [1.29, 1.82) is 0 Å². The maximum absolute atomic E-state index is 13.1. The molecule has 1 rings (SSSR count). The summed E-state index contributed by atoms with van der Waals surface area (Å²) in [7, 11) is 0. The van der Waals surface area contributed by atoms with Crippen molar-refractivity contribution in [3.63, 3.8) is 0 Å². The monoisotopic (exact) mass is 250 g/mol. The maximum atomic E-state index is 13.1. The second kappa shape index (κ2) is 4.15. The first-order valence-electron chi connectivity index (χ1n) is 3.88. The molecule has 1 aromatic carbocycles. The predicted molar refractivity (Wildman–Crippen MR) is 49.3 cm³/mol. The summed E-state index contributed by atoms with van der Waals surface area (Å²) in [4.78, 5) is 0. The molecule has 0 aromatic heterocycles. The Kier molecular flexibility index (Phi) is 3.39. The second-order valence-electron chi connectivity index (χ2n) is 2.71. The van der Waals surface area contributed by atoms with Crippen LogP contribution in [-0.4, -0.2) is 5.11 Å². The third-order valence-corrected chi connectivity index (χ3v) is 2.39. The summed E-state index contributed by atoms with van der Waals surface area (Å²) >= 11 is 2.85. The Bertz CT molecular complexity index is 315. The molecular weight excluding hydrogens is 242 g/mol. The van der Waals surface area contributed by atoms with Crippen molar-refractivity contribution in [2.24, 2.45) is 0 Å². The first kappa shape index (κ1) is 10.6. The Morgan fingerprint density at radius 3 is 2.54 bits per heavy atom.